The van der Waals surface area contributed by atoms with Gasteiger partial charge in [-0.25, -0.2) is 0 Å². The maximum atomic E-state index is 9.74. The number of ether oxygens (including phenoxy) is 2. The van der Waals surface area contributed by atoms with Crippen LogP contribution in [0.5, 0.6) is 0 Å². The van der Waals surface area contributed by atoms with E-state index < -0.39 is 6.10 Å². The van der Waals surface area contributed by atoms with E-state index in [4.69, 9.17) is 9.47 Å². The van der Waals surface area contributed by atoms with Gasteiger partial charge in [-0.05, 0) is 26.2 Å². The quantitative estimate of drug-likeness (QED) is 0.622. The highest BCUT2D eigenvalue weighted by Crippen LogP contribution is 2.18. The summed E-state index contributed by atoms with van der Waals surface area (Å²) in [6.45, 7) is 14.7. The van der Waals surface area contributed by atoms with Gasteiger partial charge in [0.25, 0.3) is 0 Å². The Balaban J connectivity index is 3.51. The molecule has 2 atom stereocenters. The van der Waals surface area contributed by atoms with E-state index in [0.717, 1.165) is 0 Å². The lowest BCUT2D eigenvalue weighted by atomic mass is 9.88. The number of aliphatic hydroxyl groups is 1. The average molecular weight is 261 g/mol. The van der Waals surface area contributed by atoms with Crippen molar-refractivity contribution in [2.45, 2.75) is 59.8 Å². The van der Waals surface area contributed by atoms with Crippen molar-refractivity contribution in [3.05, 3.63) is 0 Å². The van der Waals surface area contributed by atoms with E-state index in [-0.39, 0.29) is 11.5 Å². The van der Waals surface area contributed by atoms with Crippen molar-refractivity contribution in [3.63, 3.8) is 0 Å². The zero-order valence-corrected chi connectivity index (χ0v) is 12.8. The molecule has 0 aliphatic rings. The van der Waals surface area contributed by atoms with Crippen molar-refractivity contribution >= 4 is 0 Å². The highest BCUT2D eigenvalue weighted by molar-refractivity contribution is 4.77. The van der Waals surface area contributed by atoms with E-state index in [1.807, 2.05) is 13.8 Å². The van der Waals surface area contributed by atoms with Gasteiger partial charge in [0.05, 0.1) is 32.0 Å². The lowest BCUT2D eigenvalue weighted by Gasteiger charge is -2.29. The maximum absolute atomic E-state index is 9.74. The molecule has 110 valence electrons. The van der Waals surface area contributed by atoms with Gasteiger partial charge >= 0.3 is 0 Å². The Labute approximate surface area is 112 Å². The molecule has 0 spiro atoms. The second kappa shape index (κ2) is 8.86. The summed E-state index contributed by atoms with van der Waals surface area (Å²) < 4.78 is 10.7. The highest BCUT2D eigenvalue weighted by Gasteiger charge is 2.20. The lowest BCUT2D eigenvalue weighted by Crippen LogP contribution is -2.42. The van der Waals surface area contributed by atoms with Crippen LogP contribution in [0.2, 0.25) is 0 Å². The molecular weight excluding hydrogens is 230 g/mol. The molecule has 0 saturated carbocycles. The highest BCUT2D eigenvalue weighted by atomic mass is 16.5. The smallest absolute Gasteiger partial charge is 0.0897 e. The van der Waals surface area contributed by atoms with Crippen molar-refractivity contribution in [1.29, 1.82) is 0 Å². The summed E-state index contributed by atoms with van der Waals surface area (Å²) >= 11 is 0. The van der Waals surface area contributed by atoms with Crippen LogP contribution in [0.3, 0.4) is 0 Å². The molecule has 0 rings (SSSR count). The lowest BCUT2D eigenvalue weighted by molar-refractivity contribution is -0.0110. The molecule has 0 aromatic heterocycles. The van der Waals surface area contributed by atoms with Gasteiger partial charge in [0.2, 0.25) is 0 Å². The molecule has 0 aliphatic carbocycles. The first-order valence-electron chi connectivity index (χ1n) is 6.84. The van der Waals surface area contributed by atoms with Gasteiger partial charge in [-0.1, -0.05) is 20.8 Å². The van der Waals surface area contributed by atoms with E-state index in [2.05, 4.69) is 33.0 Å². The number of aliphatic hydroxyl groups excluding tert-OH is 1. The Morgan fingerprint density at radius 3 is 2.22 bits per heavy atom. The molecule has 0 saturated heterocycles. The van der Waals surface area contributed by atoms with E-state index >= 15 is 0 Å². The zero-order chi connectivity index (χ0) is 14.2. The molecule has 2 unspecified atom stereocenters. The maximum Gasteiger partial charge on any atom is 0.0897 e. The normalized spacial score (nSPS) is 16.0. The second-order valence-electron chi connectivity index (χ2n) is 6.14. The topological polar surface area (TPSA) is 50.7 Å². The minimum atomic E-state index is -0.464. The van der Waals surface area contributed by atoms with Gasteiger partial charge in [0, 0.05) is 12.6 Å². The molecule has 0 fully saturated rings. The summed E-state index contributed by atoms with van der Waals surface area (Å²) in [6, 6.07) is 0.358. The molecule has 0 radical (unpaired) electrons. The van der Waals surface area contributed by atoms with Gasteiger partial charge in [0.1, 0.15) is 0 Å². The van der Waals surface area contributed by atoms with Crippen molar-refractivity contribution in [2.75, 3.05) is 26.4 Å². The van der Waals surface area contributed by atoms with E-state index in [0.29, 0.717) is 32.4 Å². The van der Waals surface area contributed by atoms with Gasteiger partial charge in [0.15, 0.2) is 0 Å². The third-order valence-electron chi connectivity index (χ3n) is 2.95. The fourth-order valence-electron chi connectivity index (χ4n) is 1.24. The fourth-order valence-corrected chi connectivity index (χ4v) is 1.24. The van der Waals surface area contributed by atoms with Gasteiger partial charge in [-0.2, -0.15) is 0 Å². The van der Waals surface area contributed by atoms with Crippen LogP contribution in [-0.4, -0.2) is 49.7 Å². The van der Waals surface area contributed by atoms with Crippen LogP contribution in [0.25, 0.3) is 0 Å². The van der Waals surface area contributed by atoms with Crippen molar-refractivity contribution in [2.24, 2.45) is 5.41 Å². The van der Waals surface area contributed by atoms with Crippen molar-refractivity contribution in [3.8, 4) is 0 Å². The van der Waals surface area contributed by atoms with E-state index in [1.165, 1.54) is 0 Å². The molecule has 0 aromatic rings. The number of nitrogens with one attached hydrogen (secondary N) is 1. The van der Waals surface area contributed by atoms with Crippen LogP contribution >= 0.6 is 0 Å². The van der Waals surface area contributed by atoms with Gasteiger partial charge in [-0.3, -0.25) is 0 Å². The molecule has 0 heterocycles. The minimum Gasteiger partial charge on any atom is -0.389 e. The summed E-state index contributed by atoms with van der Waals surface area (Å²) in [6.07, 6.45) is -0.235. The molecule has 2 N–H and O–H groups in total. The third-order valence-corrected chi connectivity index (χ3v) is 2.95. The largest absolute Gasteiger partial charge is 0.389 e. The number of hydrogen-bond donors (Lipinski definition) is 2. The van der Waals surface area contributed by atoms with Crippen molar-refractivity contribution in [1.82, 2.24) is 5.32 Å². The average Bonchev–Trinajstić information content (AvgIpc) is 2.23. The number of hydrogen-bond acceptors (Lipinski definition) is 4. The van der Waals surface area contributed by atoms with Gasteiger partial charge < -0.3 is 19.9 Å². The Morgan fingerprint density at radius 2 is 1.72 bits per heavy atom. The zero-order valence-electron chi connectivity index (χ0n) is 12.8. The molecular formula is C14H31NO3. The molecule has 18 heavy (non-hydrogen) atoms. The Bertz CT molecular complexity index is 202. The number of rotatable bonds is 9. The summed E-state index contributed by atoms with van der Waals surface area (Å²) in [5, 5.41) is 13.1. The summed E-state index contributed by atoms with van der Waals surface area (Å²) in [5.74, 6) is 0. The molecule has 4 heteroatoms. The Kier molecular flexibility index (Phi) is 8.78. The predicted molar refractivity (Wildman–Crippen MR) is 74.8 cm³/mol. The van der Waals surface area contributed by atoms with Gasteiger partial charge in [-0.15, -0.1) is 0 Å². The second-order valence-corrected chi connectivity index (χ2v) is 6.14. The molecule has 0 amide bonds. The van der Waals surface area contributed by atoms with Crippen LogP contribution in [0, 0.1) is 5.41 Å². The standard InChI is InChI=1S/C14H31NO3/c1-11(2)18-8-7-17-10-13(16)9-15-12(3)14(4,5)6/h11-13,15-16H,7-10H2,1-6H3. The monoisotopic (exact) mass is 261 g/mol. The summed E-state index contributed by atoms with van der Waals surface area (Å²) in [5.41, 5.74) is 0.200. The van der Waals surface area contributed by atoms with Crippen LogP contribution < -0.4 is 5.32 Å². The molecule has 0 aliphatic heterocycles. The van der Waals surface area contributed by atoms with E-state index in [9.17, 15) is 5.11 Å². The first-order chi connectivity index (χ1) is 8.23. The molecule has 4 nitrogen and oxygen atoms in total. The minimum absolute atomic E-state index is 0.200. The van der Waals surface area contributed by atoms with Crippen LogP contribution in [0.4, 0.5) is 0 Å². The Hall–Kier alpha value is -0.160. The van der Waals surface area contributed by atoms with Crippen molar-refractivity contribution < 1.29 is 14.6 Å². The Morgan fingerprint density at radius 1 is 1.11 bits per heavy atom. The van der Waals surface area contributed by atoms with Crippen LogP contribution in [-0.2, 0) is 9.47 Å². The van der Waals surface area contributed by atoms with Crippen LogP contribution in [0.15, 0.2) is 0 Å². The first-order valence-corrected chi connectivity index (χ1v) is 6.84. The van der Waals surface area contributed by atoms with E-state index in [1.54, 1.807) is 0 Å². The first kappa shape index (κ1) is 17.8. The summed E-state index contributed by atoms with van der Waals surface area (Å²) in [4.78, 5) is 0. The third kappa shape index (κ3) is 9.83. The predicted octanol–water partition coefficient (Wildman–Crippen LogP) is 1.81. The summed E-state index contributed by atoms with van der Waals surface area (Å²) in [7, 11) is 0. The molecule has 0 aromatic carbocycles. The molecule has 0 bridgehead atoms. The fraction of sp³-hybridized carbons (Fsp3) is 1.00. The SMILES string of the molecule is CC(C)OCCOCC(O)CNC(C)C(C)(C)C. The van der Waals surface area contributed by atoms with Crippen LogP contribution in [0.1, 0.15) is 41.5 Å².